The van der Waals surface area contributed by atoms with E-state index in [0.29, 0.717) is 0 Å². The van der Waals surface area contributed by atoms with Gasteiger partial charge in [0, 0.05) is 15.4 Å². The van der Waals surface area contributed by atoms with Crippen LogP contribution >= 0.6 is 27.3 Å². The molecule has 1 heterocycles. The second-order valence-corrected chi connectivity index (χ2v) is 5.79. The predicted molar refractivity (Wildman–Crippen MR) is 66.8 cm³/mol. The Hall–Kier alpha value is -0.390. The van der Waals surface area contributed by atoms with Gasteiger partial charge < -0.3 is 5.73 Å². The molecule has 0 aromatic carbocycles. The van der Waals surface area contributed by atoms with Gasteiger partial charge in [-0.2, -0.15) is 0 Å². The fourth-order valence-electron chi connectivity index (χ4n) is 1.29. The van der Waals surface area contributed by atoms with Crippen LogP contribution in [0.3, 0.4) is 0 Å². The smallest absolute Gasteiger partial charge is 0.237 e. The molecule has 0 aliphatic heterocycles. The van der Waals surface area contributed by atoms with Gasteiger partial charge in [0.05, 0.1) is 5.54 Å². The van der Waals surface area contributed by atoms with Crippen LogP contribution in [0, 0.1) is 0 Å². The lowest BCUT2D eigenvalue weighted by molar-refractivity contribution is -0.123. The third kappa shape index (κ3) is 3.03. The predicted octanol–water partition coefficient (Wildman–Crippen LogP) is 2.43. The number of hydrogen-bond donors (Lipinski definition) is 2. The van der Waals surface area contributed by atoms with Crippen LogP contribution in [-0.2, 0) is 4.79 Å². The standard InChI is InChI=1S/C10H15BrN2OS/c1-6(8-7(11)4-5-15-8)13-10(2,3)9(12)14/h4-6,13H,1-3H3,(H2,12,14). The Balaban J connectivity index is 2.76. The molecular weight excluding hydrogens is 276 g/mol. The summed E-state index contributed by atoms with van der Waals surface area (Å²) in [4.78, 5) is 12.3. The first-order chi connectivity index (χ1) is 6.84. The number of nitrogens with one attached hydrogen (secondary N) is 1. The van der Waals surface area contributed by atoms with Gasteiger partial charge in [0.2, 0.25) is 5.91 Å². The molecule has 1 amide bonds. The Labute approximate surface area is 102 Å². The Morgan fingerprint density at radius 3 is 2.67 bits per heavy atom. The first kappa shape index (κ1) is 12.7. The minimum absolute atomic E-state index is 0.0990. The molecule has 84 valence electrons. The molecule has 5 heteroatoms. The number of hydrogen-bond acceptors (Lipinski definition) is 3. The lowest BCUT2D eigenvalue weighted by atomic mass is 10.0. The number of amides is 1. The van der Waals surface area contributed by atoms with Gasteiger partial charge in [0.25, 0.3) is 0 Å². The number of carbonyl (C=O) groups is 1. The number of thiophene rings is 1. The van der Waals surface area contributed by atoms with Crippen molar-refractivity contribution in [2.24, 2.45) is 5.73 Å². The van der Waals surface area contributed by atoms with Crippen molar-refractivity contribution in [2.45, 2.75) is 32.4 Å². The van der Waals surface area contributed by atoms with Crippen molar-refractivity contribution < 1.29 is 4.79 Å². The Morgan fingerprint density at radius 2 is 2.27 bits per heavy atom. The van der Waals surface area contributed by atoms with Gasteiger partial charge in [0.15, 0.2) is 0 Å². The highest BCUT2D eigenvalue weighted by molar-refractivity contribution is 9.10. The van der Waals surface area contributed by atoms with Gasteiger partial charge in [-0.3, -0.25) is 10.1 Å². The van der Waals surface area contributed by atoms with E-state index in [1.807, 2.05) is 18.4 Å². The summed E-state index contributed by atoms with van der Waals surface area (Å²) in [5.74, 6) is -0.345. The number of rotatable bonds is 4. The van der Waals surface area contributed by atoms with E-state index in [4.69, 9.17) is 5.73 Å². The maximum Gasteiger partial charge on any atom is 0.237 e. The zero-order chi connectivity index (χ0) is 11.6. The van der Waals surface area contributed by atoms with Gasteiger partial charge in [-0.05, 0) is 48.1 Å². The maximum atomic E-state index is 11.2. The zero-order valence-corrected chi connectivity index (χ0v) is 11.4. The molecule has 0 fully saturated rings. The summed E-state index contributed by atoms with van der Waals surface area (Å²) in [6, 6.07) is 2.09. The quantitative estimate of drug-likeness (QED) is 0.895. The first-order valence-corrected chi connectivity index (χ1v) is 6.32. The summed E-state index contributed by atoms with van der Waals surface area (Å²) in [6.45, 7) is 5.59. The molecule has 0 bridgehead atoms. The lowest BCUT2D eigenvalue weighted by Crippen LogP contribution is -2.51. The average molecular weight is 291 g/mol. The Kier molecular flexibility index (Phi) is 3.92. The number of carbonyl (C=O) groups excluding carboxylic acids is 1. The highest BCUT2D eigenvalue weighted by Gasteiger charge is 2.27. The van der Waals surface area contributed by atoms with E-state index in [1.54, 1.807) is 25.2 Å². The molecule has 1 aromatic rings. The summed E-state index contributed by atoms with van der Waals surface area (Å²) in [5, 5.41) is 5.21. The maximum absolute atomic E-state index is 11.2. The first-order valence-electron chi connectivity index (χ1n) is 4.65. The topological polar surface area (TPSA) is 55.1 Å². The molecule has 1 atom stereocenters. The minimum Gasteiger partial charge on any atom is -0.368 e. The normalized spacial score (nSPS) is 13.9. The largest absolute Gasteiger partial charge is 0.368 e. The van der Waals surface area contributed by atoms with E-state index >= 15 is 0 Å². The molecule has 0 aliphatic carbocycles. The summed E-state index contributed by atoms with van der Waals surface area (Å²) in [5.41, 5.74) is 4.61. The van der Waals surface area contributed by atoms with Crippen molar-refractivity contribution in [3.8, 4) is 0 Å². The van der Waals surface area contributed by atoms with Crippen molar-refractivity contribution in [1.29, 1.82) is 0 Å². The van der Waals surface area contributed by atoms with Crippen molar-refractivity contribution in [3.05, 3.63) is 20.8 Å². The van der Waals surface area contributed by atoms with E-state index in [9.17, 15) is 4.79 Å². The summed E-state index contributed by atoms with van der Waals surface area (Å²) < 4.78 is 1.06. The third-order valence-corrected chi connectivity index (χ3v) is 4.28. The molecule has 3 nitrogen and oxygen atoms in total. The highest BCUT2D eigenvalue weighted by atomic mass is 79.9. The average Bonchev–Trinajstić information content (AvgIpc) is 2.50. The Morgan fingerprint density at radius 1 is 1.67 bits per heavy atom. The third-order valence-electron chi connectivity index (χ3n) is 2.23. The van der Waals surface area contributed by atoms with Gasteiger partial charge >= 0.3 is 0 Å². The van der Waals surface area contributed by atoms with Crippen molar-refractivity contribution in [2.75, 3.05) is 0 Å². The van der Waals surface area contributed by atoms with Crippen molar-refractivity contribution in [1.82, 2.24) is 5.32 Å². The fraction of sp³-hybridized carbons (Fsp3) is 0.500. The van der Waals surface area contributed by atoms with E-state index in [1.165, 1.54) is 4.88 Å². The van der Waals surface area contributed by atoms with Crippen LogP contribution in [0.15, 0.2) is 15.9 Å². The molecule has 1 aromatic heterocycles. The monoisotopic (exact) mass is 290 g/mol. The molecule has 1 rings (SSSR count). The summed E-state index contributed by atoms with van der Waals surface area (Å²) >= 11 is 5.11. The minimum atomic E-state index is -0.692. The van der Waals surface area contributed by atoms with E-state index in [2.05, 4.69) is 21.2 Å². The van der Waals surface area contributed by atoms with Gasteiger partial charge in [-0.1, -0.05) is 0 Å². The van der Waals surface area contributed by atoms with E-state index < -0.39 is 5.54 Å². The van der Waals surface area contributed by atoms with Crippen LogP contribution in [0.4, 0.5) is 0 Å². The van der Waals surface area contributed by atoms with Crippen molar-refractivity contribution >= 4 is 33.2 Å². The molecule has 15 heavy (non-hydrogen) atoms. The lowest BCUT2D eigenvalue weighted by Gasteiger charge is -2.26. The number of halogens is 1. The fourth-order valence-corrected chi connectivity index (χ4v) is 3.02. The molecule has 1 unspecified atom stereocenters. The molecule has 0 saturated heterocycles. The summed E-state index contributed by atoms with van der Waals surface area (Å²) in [6.07, 6.45) is 0. The Bertz CT molecular complexity index is 362. The van der Waals surface area contributed by atoms with Crippen molar-refractivity contribution in [3.63, 3.8) is 0 Å². The molecular formula is C10H15BrN2OS. The zero-order valence-electron chi connectivity index (χ0n) is 9.00. The molecule has 0 spiro atoms. The van der Waals surface area contributed by atoms with Crippen LogP contribution in [0.1, 0.15) is 31.7 Å². The second-order valence-electron chi connectivity index (χ2n) is 3.99. The van der Waals surface area contributed by atoms with Crippen LogP contribution < -0.4 is 11.1 Å². The molecule has 0 radical (unpaired) electrons. The summed E-state index contributed by atoms with van der Waals surface area (Å²) in [7, 11) is 0. The van der Waals surface area contributed by atoms with Gasteiger partial charge in [0.1, 0.15) is 0 Å². The molecule has 3 N–H and O–H groups in total. The molecule has 0 aliphatic rings. The second kappa shape index (κ2) is 4.63. The highest BCUT2D eigenvalue weighted by Crippen LogP contribution is 2.29. The number of primary amides is 1. The molecule has 0 saturated carbocycles. The van der Waals surface area contributed by atoms with Crippen LogP contribution in [0.2, 0.25) is 0 Å². The SMILES string of the molecule is CC(NC(C)(C)C(N)=O)c1sccc1Br. The van der Waals surface area contributed by atoms with E-state index in [0.717, 1.165) is 4.47 Å². The van der Waals surface area contributed by atoms with Crippen LogP contribution in [-0.4, -0.2) is 11.4 Å². The van der Waals surface area contributed by atoms with Crippen LogP contribution in [0.5, 0.6) is 0 Å². The van der Waals surface area contributed by atoms with Gasteiger partial charge in [-0.25, -0.2) is 0 Å². The number of nitrogens with two attached hydrogens (primary N) is 1. The van der Waals surface area contributed by atoms with Crippen LogP contribution in [0.25, 0.3) is 0 Å². The van der Waals surface area contributed by atoms with E-state index in [-0.39, 0.29) is 11.9 Å². The van der Waals surface area contributed by atoms with Gasteiger partial charge in [-0.15, -0.1) is 11.3 Å².